The zero-order valence-electron chi connectivity index (χ0n) is 19.3. The van der Waals surface area contributed by atoms with E-state index in [-0.39, 0.29) is 16.7 Å². The lowest BCUT2D eigenvalue weighted by Gasteiger charge is -2.14. The molecular formula is C26H25N5O3S. The molecule has 0 aliphatic carbocycles. The maximum absolute atomic E-state index is 12.6. The number of sulfonamides is 1. The Morgan fingerprint density at radius 2 is 1.74 bits per heavy atom. The molecule has 1 amide bonds. The third-order valence-electron chi connectivity index (χ3n) is 5.53. The second-order valence-electron chi connectivity index (χ2n) is 8.40. The number of amides is 1. The first kappa shape index (κ1) is 24.2. The van der Waals surface area contributed by atoms with Crippen LogP contribution in [0.25, 0.3) is 11.3 Å². The Morgan fingerprint density at radius 1 is 1.00 bits per heavy atom. The van der Waals surface area contributed by atoms with E-state index in [1.807, 2.05) is 31.2 Å². The number of nitrogens with two attached hydrogens (primary N) is 1. The zero-order valence-corrected chi connectivity index (χ0v) is 20.2. The van der Waals surface area contributed by atoms with E-state index < -0.39 is 10.0 Å². The first-order chi connectivity index (χ1) is 16.7. The molecule has 0 saturated carbocycles. The van der Waals surface area contributed by atoms with Gasteiger partial charge in [-0.3, -0.25) is 14.8 Å². The number of hydrogen-bond acceptors (Lipinski definition) is 6. The van der Waals surface area contributed by atoms with Crippen molar-refractivity contribution in [3.05, 3.63) is 102 Å². The first-order valence-electron chi connectivity index (χ1n) is 11.0. The van der Waals surface area contributed by atoms with Gasteiger partial charge in [-0.1, -0.05) is 31.2 Å². The summed E-state index contributed by atoms with van der Waals surface area (Å²) >= 11 is 0. The summed E-state index contributed by atoms with van der Waals surface area (Å²) in [6.45, 7) is 3.98. The Balaban J connectivity index is 1.47. The van der Waals surface area contributed by atoms with Gasteiger partial charge >= 0.3 is 0 Å². The molecule has 0 saturated heterocycles. The molecule has 8 nitrogen and oxygen atoms in total. The van der Waals surface area contributed by atoms with Crippen LogP contribution in [0.5, 0.6) is 0 Å². The summed E-state index contributed by atoms with van der Waals surface area (Å²) in [5, 5.41) is 8.10. The molecule has 1 atom stereocenters. The van der Waals surface area contributed by atoms with Crippen LogP contribution in [0.2, 0.25) is 0 Å². The maximum atomic E-state index is 12.6. The average Bonchev–Trinajstić information content (AvgIpc) is 2.84. The quantitative estimate of drug-likeness (QED) is 0.404. The highest BCUT2D eigenvalue weighted by atomic mass is 32.2. The van der Waals surface area contributed by atoms with Crippen LogP contribution < -0.4 is 10.5 Å². The van der Waals surface area contributed by atoms with Crippen molar-refractivity contribution in [3.63, 3.8) is 0 Å². The summed E-state index contributed by atoms with van der Waals surface area (Å²) in [6, 6.07) is 15.7. The number of anilines is 1. The van der Waals surface area contributed by atoms with Crippen LogP contribution in [-0.2, 0) is 16.4 Å². The number of benzene rings is 2. The maximum Gasteiger partial charge on any atom is 0.257 e. The summed E-state index contributed by atoms with van der Waals surface area (Å²) in [4.78, 5) is 25.7. The summed E-state index contributed by atoms with van der Waals surface area (Å²) in [5.74, 6) is -0.0974. The Bertz CT molecular complexity index is 1470. The topological polar surface area (TPSA) is 128 Å². The molecule has 2 heterocycles. The van der Waals surface area contributed by atoms with Gasteiger partial charge in [0, 0.05) is 29.8 Å². The van der Waals surface area contributed by atoms with Crippen LogP contribution in [0, 0.1) is 6.92 Å². The lowest BCUT2D eigenvalue weighted by molar-refractivity contribution is 0.102. The van der Waals surface area contributed by atoms with Gasteiger partial charge < -0.3 is 5.32 Å². The molecule has 9 heteroatoms. The molecule has 2 aromatic carbocycles. The molecule has 0 aliphatic heterocycles. The minimum atomic E-state index is -3.75. The van der Waals surface area contributed by atoms with Crippen molar-refractivity contribution in [2.75, 3.05) is 5.32 Å². The predicted molar refractivity (Wildman–Crippen MR) is 134 cm³/mol. The van der Waals surface area contributed by atoms with E-state index in [1.54, 1.807) is 43.0 Å². The summed E-state index contributed by atoms with van der Waals surface area (Å²) in [6.07, 6.45) is 7.24. The lowest BCUT2D eigenvalue weighted by Crippen LogP contribution is -2.13. The standard InChI is InChI=1S/C26H25N5O3S/c1-17-10-21(14-28-13-17)26(32)31-22-5-3-4-20(12-22)18(2)11-23-15-29-16-25(30-23)19-6-8-24(9-7-19)35(27,33)34/h3-10,12-16,18H,11H2,1-2H3,(H,31,32)(H2,27,33,34)/t18-/m1/s1. The third kappa shape index (κ3) is 6.14. The number of hydrogen-bond donors (Lipinski definition) is 2. The Morgan fingerprint density at radius 3 is 2.46 bits per heavy atom. The van der Waals surface area contributed by atoms with Gasteiger partial charge in [-0.2, -0.15) is 0 Å². The highest BCUT2D eigenvalue weighted by Crippen LogP contribution is 2.24. The van der Waals surface area contributed by atoms with Gasteiger partial charge in [0.15, 0.2) is 0 Å². The molecule has 3 N–H and O–H groups in total. The SMILES string of the molecule is Cc1cncc(C(=O)Nc2cccc([C@H](C)Cc3cncc(-c4ccc(S(N)(=O)=O)cc4)n3)c2)c1. The Hall–Kier alpha value is -3.95. The van der Waals surface area contributed by atoms with Crippen molar-refractivity contribution >= 4 is 21.6 Å². The first-order valence-corrected chi connectivity index (χ1v) is 12.5. The molecule has 0 radical (unpaired) electrons. The third-order valence-corrected chi connectivity index (χ3v) is 6.46. The van der Waals surface area contributed by atoms with Gasteiger partial charge in [-0.05, 0) is 60.7 Å². The molecule has 0 fully saturated rings. The number of nitrogens with zero attached hydrogens (tertiary/aromatic N) is 3. The average molecular weight is 488 g/mol. The summed E-state index contributed by atoms with van der Waals surface area (Å²) < 4.78 is 23.0. The molecule has 35 heavy (non-hydrogen) atoms. The largest absolute Gasteiger partial charge is 0.322 e. The molecular weight excluding hydrogens is 462 g/mol. The van der Waals surface area contributed by atoms with E-state index in [0.29, 0.717) is 23.4 Å². The molecule has 4 rings (SSSR count). The van der Waals surface area contributed by atoms with Crippen LogP contribution in [0.3, 0.4) is 0 Å². The van der Waals surface area contributed by atoms with Crippen LogP contribution in [0.4, 0.5) is 5.69 Å². The molecule has 4 aromatic rings. The predicted octanol–water partition coefficient (Wildman–Crippen LogP) is 4.09. The number of rotatable bonds is 7. The smallest absolute Gasteiger partial charge is 0.257 e. The minimum Gasteiger partial charge on any atom is -0.322 e. The fraction of sp³-hybridized carbons (Fsp3) is 0.154. The number of carbonyl (C=O) groups excluding carboxylic acids is 1. The van der Waals surface area contributed by atoms with Crippen molar-refractivity contribution < 1.29 is 13.2 Å². The number of aryl methyl sites for hydroxylation is 1. The fourth-order valence-electron chi connectivity index (χ4n) is 3.70. The second kappa shape index (κ2) is 10.1. The molecule has 0 spiro atoms. The van der Waals surface area contributed by atoms with Crippen molar-refractivity contribution in [3.8, 4) is 11.3 Å². The van der Waals surface area contributed by atoms with Gasteiger partial charge in [0.2, 0.25) is 10.0 Å². The van der Waals surface area contributed by atoms with Gasteiger partial charge in [0.1, 0.15) is 0 Å². The zero-order chi connectivity index (χ0) is 25.0. The number of aromatic nitrogens is 3. The normalized spacial score (nSPS) is 12.2. The van der Waals surface area contributed by atoms with Gasteiger partial charge in [0.05, 0.1) is 28.0 Å². The number of pyridine rings is 1. The van der Waals surface area contributed by atoms with Crippen LogP contribution >= 0.6 is 0 Å². The van der Waals surface area contributed by atoms with E-state index in [4.69, 9.17) is 10.1 Å². The molecule has 178 valence electrons. The summed E-state index contributed by atoms with van der Waals surface area (Å²) in [5.41, 5.74) is 5.37. The molecule has 2 aromatic heterocycles. The van der Waals surface area contributed by atoms with E-state index in [0.717, 1.165) is 22.4 Å². The molecule has 0 bridgehead atoms. The monoisotopic (exact) mass is 487 g/mol. The van der Waals surface area contributed by atoms with E-state index in [2.05, 4.69) is 22.2 Å². The molecule has 0 aliphatic rings. The highest BCUT2D eigenvalue weighted by molar-refractivity contribution is 7.89. The van der Waals surface area contributed by atoms with Crippen molar-refractivity contribution in [1.82, 2.24) is 15.0 Å². The van der Waals surface area contributed by atoms with Crippen LogP contribution in [0.15, 0.2) is 84.3 Å². The van der Waals surface area contributed by atoms with Crippen LogP contribution in [0.1, 0.15) is 40.0 Å². The van der Waals surface area contributed by atoms with Gasteiger partial charge in [-0.15, -0.1) is 0 Å². The minimum absolute atomic E-state index is 0.0459. The number of primary sulfonamides is 1. The van der Waals surface area contributed by atoms with E-state index in [1.165, 1.54) is 12.1 Å². The van der Waals surface area contributed by atoms with E-state index in [9.17, 15) is 13.2 Å². The number of carbonyl (C=O) groups is 1. The highest BCUT2D eigenvalue weighted by Gasteiger charge is 2.13. The molecule has 0 unspecified atom stereocenters. The second-order valence-corrected chi connectivity index (χ2v) is 9.96. The van der Waals surface area contributed by atoms with Crippen LogP contribution in [-0.4, -0.2) is 29.3 Å². The number of nitrogens with one attached hydrogen (secondary N) is 1. The van der Waals surface area contributed by atoms with Gasteiger partial charge in [-0.25, -0.2) is 18.5 Å². The van der Waals surface area contributed by atoms with Crippen molar-refractivity contribution in [2.45, 2.75) is 31.1 Å². The Labute approximate surface area is 204 Å². The summed E-state index contributed by atoms with van der Waals surface area (Å²) in [7, 11) is -3.75. The van der Waals surface area contributed by atoms with E-state index >= 15 is 0 Å². The van der Waals surface area contributed by atoms with Crippen molar-refractivity contribution in [2.24, 2.45) is 5.14 Å². The Kier molecular flexibility index (Phi) is 6.99. The van der Waals surface area contributed by atoms with Gasteiger partial charge in [0.25, 0.3) is 5.91 Å². The van der Waals surface area contributed by atoms with Crippen molar-refractivity contribution in [1.29, 1.82) is 0 Å². The lowest BCUT2D eigenvalue weighted by atomic mass is 9.96. The fourth-order valence-corrected chi connectivity index (χ4v) is 4.21.